The molecule has 0 atom stereocenters. The SMILES string of the molecule is CC1(CNS(=O)(=O)c2ccc(F)c(N)c2F)CCC1. The molecular weight excluding hydrogens is 274 g/mol. The Morgan fingerprint density at radius 1 is 1.37 bits per heavy atom. The number of halogens is 2. The van der Waals surface area contributed by atoms with Crippen LogP contribution in [-0.2, 0) is 10.0 Å². The second kappa shape index (κ2) is 4.72. The largest absolute Gasteiger partial charge is 0.394 e. The van der Waals surface area contributed by atoms with Gasteiger partial charge in [0.1, 0.15) is 16.4 Å². The van der Waals surface area contributed by atoms with Crippen molar-refractivity contribution in [3.8, 4) is 0 Å². The van der Waals surface area contributed by atoms with Crippen LogP contribution in [0.4, 0.5) is 14.5 Å². The van der Waals surface area contributed by atoms with E-state index in [2.05, 4.69) is 4.72 Å². The molecule has 4 nitrogen and oxygen atoms in total. The van der Waals surface area contributed by atoms with E-state index in [0.29, 0.717) is 0 Å². The molecule has 7 heteroatoms. The van der Waals surface area contributed by atoms with Gasteiger partial charge in [0, 0.05) is 6.54 Å². The third-order valence-corrected chi connectivity index (χ3v) is 5.05. The molecule has 0 bridgehead atoms. The van der Waals surface area contributed by atoms with Crippen LogP contribution < -0.4 is 10.5 Å². The molecule has 1 aliphatic rings. The molecule has 1 aromatic carbocycles. The molecule has 2 rings (SSSR count). The van der Waals surface area contributed by atoms with E-state index in [1.807, 2.05) is 6.92 Å². The number of hydrogen-bond donors (Lipinski definition) is 2. The van der Waals surface area contributed by atoms with Gasteiger partial charge in [-0.05, 0) is 30.4 Å². The Hall–Kier alpha value is -1.21. The van der Waals surface area contributed by atoms with Gasteiger partial charge in [-0.15, -0.1) is 0 Å². The van der Waals surface area contributed by atoms with Crippen molar-refractivity contribution in [1.82, 2.24) is 4.72 Å². The van der Waals surface area contributed by atoms with Crippen LogP contribution in [0.15, 0.2) is 17.0 Å². The Morgan fingerprint density at radius 3 is 2.53 bits per heavy atom. The number of nitrogens with two attached hydrogens (primary N) is 1. The van der Waals surface area contributed by atoms with E-state index in [1.165, 1.54) is 0 Å². The van der Waals surface area contributed by atoms with Gasteiger partial charge in [-0.1, -0.05) is 13.3 Å². The van der Waals surface area contributed by atoms with Gasteiger partial charge in [-0.25, -0.2) is 21.9 Å². The molecular formula is C12H16F2N2O2S. The van der Waals surface area contributed by atoms with Crippen LogP contribution in [-0.4, -0.2) is 15.0 Å². The zero-order valence-corrected chi connectivity index (χ0v) is 11.4. The molecule has 0 unspecified atom stereocenters. The summed E-state index contributed by atoms with van der Waals surface area (Å²) in [6, 6.07) is 1.73. The van der Waals surface area contributed by atoms with Gasteiger partial charge >= 0.3 is 0 Å². The molecule has 0 radical (unpaired) electrons. The van der Waals surface area contributed by atoms with Gasteiger partial charge in [0.15, 0.2) is 5.82 Å². The summed E-state index contributed by atoms with van der Waals surface area (Å²) >= 11 is 0. The molecule has 3 N–H and O–H groups in total. The highest BCUT2D eigenvalue weighted by Crippen LogP contribution is 2.39. The van der Waals surface area contributed by atoms with Gasteiger partial charge < -0.3 is 5.73 Å². The van der Waals surface area contributed by atoms with Crippen molar-refractivity contribution >= 4 is 15.7 Å². The van der Waals surface area contributed by atoms with Crippen LogP contribution in [0.1, 0.15) is 26.2 Å². The Labute approximate surface area is 111 Å². The maximum absolute atomic E-state index is 13.7. The lowest BCUT2D eigenvalue weighted by atomic mass is 9.71. The van der Waals surface area contributed by atoms with Gasteiger partial charge in [-0.2, -0.15) is 0 Å². The van der Waals surface area contributed by atoms with E-state index < -0.39 is 32.2 Å². The van der Waals surface area contributed by atoms with E-state index in [9.17, 15) is 17.2 Å². The van der Waals surface area contributed by atoms with E-state index >= 15 is 0 Å². The number of nitrogens with one attached hydrogen (secondary N) is 1. The first-order chi connectivity index (χ1) is 8.75. The lowest BCUT2D eigenvalue weighted by Crippen LogP contribution is -2.40. The molecule has 1 aliphatic carbocycles. The molecule has 0 spiro atoms. The summed E-state index contributed by atoms with van der Waals surface area (Å²) in [7, 11) is -4.01. The zero-order valence-electron chi connectivity index (χ0n) is 10.5. The van der Waals surface area contributed by atoms with Crippen molar-refractivity contribution in [2.24, 2.45) is 5.41 Å². The average molecular weight is 290 g/mol. The van der Waals surface area contributed by atoms with Gasteiger partial charge in [-0.3, -0.25) is 0 Å². The molecule has 1 fully saturated rings. The Bertz CT molecular complexity index is 598. The zero-order chi connectivity index (χ0) is 14.3. The van der Waals surface area contributed by atoms with E-state index in [-0.39, 0.29) is 12.0 Å². The molecule has 0 amide bonds. The van der Waals surface area contributed by atoms with Gasteiger partial charge in [0.25, 0.3) is 0 Å². The highest BCUT2D eigenvalue weighted by molar-refractivity contribution is 7.89. The number of anilines is 1. The number of hydrogen-bond acceptors (Lipinski definition) is 3. The normalized spacial score (nSPS) is 18.1. The number of nitrogen functional groups attached to an aromatic ring is 1. The second-order valence-corrected chi connectivity index (χ2v) is 7.00. The fraction of sp³-hybridized carbons (Fsp3) is 0.500. The molecule has 0 heterocycles. The van der Waals surface area contributed by atoms with Crippen molar-refractivity contribution in [3.63, 3.8) is 0 Å². The Morgan fingerprint density at radius 2 is 2.00 bits per heavy atom. The molecule has 1 saturated carbocycles. The van der Waals surface area contributed by atoms with Crippen molar-refractivity contribution in [1.29, 1.82) is 0 Å². The van der Waals surface area contributed by atoms with Crippen molar-refractivity contribution < 1.29 is 17.2 Å². The molecule has 19 heavy (non-hydrogen) atoms. The van der Waals surface area contributed by atoms with E-state index in [0.717, 1.165) is 31.4 Å². The molecule has 0 aromatic heterocycles. The predicted molar refractivity (Wildman–Crippen MR) is 67.9 cm³/mol. The summed E-state index contributed by atoms with van der Waals surface area (Å²) in [4.78, 5) is -0.616. The Balaban J connectivity index is 2.22. The molecule has 0 saturated heterocycles. The average Bonchev–Trinajstić information content (AvgIpc) is 2.31. The lowest BCUT2D eigenvalue weighted by Gasteiger charge is -2.38. The van der Waals surface area contributed by atoms with Crippen LogP contribution in [0.3, 0.4) is 0 Å². The van der Waals surface area contributed by atoms with Crippen molar-refractivity contribution in [2.45, 2.75) is 31.1 Å². The maximum Gasteiger partial charge on any atom is 0.243 e. The maximum atomic E-state index is 13.7. The van der Waals surface area contributed by atoms with E-state index in [4.69, 9.17) is 5.73 Å². The third kappa shape index (κ3) is 2.71. The molecule has 0 aliphatic heterocycles. The summed E-state index contributed by atoms with van der Waals surface area (Å²) in [6.07, 6.45) is 2.93. The smallest absolute Gasteiger partial charge is 0.243 e. The fourth-order valence-electron chi connectivity index (χ4n) is 2.06. The van der Waals surface area contributed by atoms with Crippen molar-refractivity contribution in [2.75, 3.05) is 12.3 Å². The lowest BCUT2D eigenvalue weighted by molar-refractivity contribution is 0.166. The number of benzene rings is 1. The summed E-state index contributed by atoms with van der Waals surface area (Å²) in [5.74, 6) is -2.21. The summed E-state index contributed by atoms with van der Waals surface area (Å²) in [5.41, 5.74) is 4.30. The number of sulfonamides is 1. The Kier molecular flexibility index (Phi) is 3.53. The molecule has 1 aromatic rings. The quantitative estimate of drug-likeness (QED) is 0.833. The van der Waals surface area contributed by atoms with Crippen LogP contribution >= 0.6 is 0 Å². The summed E-state index contributed by atoms with van der Waals surface area (Å²) in [6.45, 7) is 2.21. The topological polar surface area (TPSA) is 72.2 Å². The monoisotopic (exact) mass is 290 g/mol. The minimum atomic E-state index is -4.01. The van der Waals surface area contributed by atoms with Gasteiger partial charge in [0.2, 0.25) is 10.0 Å². The third-order valence-electron chi connectivity index (χ3n) is 3.63. The highest BCUT2D eigenvalue weighted by atomic mass is 32.2. The predicted octanol–water partition coefficient (Wildman–Crippen LogP) is 2.02. The summed E-state index contributed by atoms with van der Waals surface area (Å²) < 4.78 is 53.0. The highest BCUT2D eigenvalue weighted by Gasteiger charge is 2.33. The minimum Gasteiger partial charge on any atom is -0.394 e. The van der Waals surface area contributed by atoms with Crippen LogP contribution in [0.5, 0.6) is 0 Å². The molecule has 106 valence electrons. The van der Waals surface area contributed by atoms with Crippen LogP contribution in [0.25, 0.3) is 0 Å². The fourth-order valence-corrected chi connectivity index (χ4v) is 3.35. The minimum absolute atomic E-state index is 0.0743. The van der Waals surface area contributed by atoms with Gasteiger partial charge in [0.05, 0.1) is 0 Å². The van der Waals surface area contributed by atoms with Crippen LogP contribution in [0.2, 0.25) is 0 Å². The van der Waals surface area contributed by atoms with E-state index in [1.54, 1.807) is 0 Å². The van der Waals surface area contributed by atoms with Crippen LogP contribution in [0, 0.1) is 17.0 Å². The number of rotatable bonds is 4. The first-order valence-corrected chi connectivity index (χ1v) is 7.47. The van der Waals surface area contributed by atoms with Crippen molar-refractivity contribution in [3.05, 3.63) is 23.8 Å². The summed E-state index contributed by atoms with van der Waals surface area (Å²) in [5, 5.41) is 0. The standard InChI is InChI=1S/C12H16F2N2O2S/c1-12(5-2-6-12)7-16-19(17,18)9-4-3-8(13)11(15)10(9)14/h3-4,16H,2,5-7,15H2,1H3. The first-order valence-electron chi connectivity index (χ1n) is 5.98. The first kappa shape index (κ1) is 14.2. The second-order valence-electron chi connectivity index (χ2n) is 5.26.